The minimum atomic E-state index is -2.01. The van der Waals surface area contributed by atoms with Crippen molar-refractivity contribution in [2.45, 2.75) is 0 Å². The highest BCUT2D eigenvalue weighted by atomic mass is 19.2. The average Bonchev–Trinajstić information content (AvgIpc) is 3.20. The zero-order chi connectivity index (χ0) is 26.3. The van der Waals surface area contributed by atoms with Crippen molar-refractivity contribution in [1.82, 2.24) is 0 Å². The lowest BCUT2D eigenvalue weighted by Gasteiger charge is -2.12. The summed E-state index contributed by atoms with van der Waals surface area (Å²) in [7, 11) is 0. The van der Waals surface area contributed by atoms with E-state index < -0.39 is 40.0 Å². The molecule has 0 aliphatic heterocycles. The van der Waals surface area contributed by atoms with Crippen LogP contribution in [0, 0.1) is 91.3 Å². The van der Waals surface area contributed by atoms with Gasteiger partial charge in [0.2, 0.25) is 0 Å². The van der Waals surface area contributed by atoms with Crippen LogP contribution in [0.3, 0.4) is 0 Å². The molecule has 0 radical (unpaired) electrons. The van der Waals surface area contributed by atoms with E-state index >= 15 is 0 Å². The Morgan fingerprint density at radius 1 is 0.500 bits per heavy atom. The maximum atomic E-state index is 15.0. The summed E-state index contributed by atoms with van der Waals surface area (Å²) in [6.07, 6.45) is 0. The van der Waals surface area contributed by atoms with Gasteiger partial charge >= 0.3 is 0 Å². The summed E-state index contributed by atoms with van der Waals surface area (Å²) in [5.41, 5.74) is -4.24. The third-order valence-electron chi connectivity index (χ3n) is 5.61. The summed E-state index contributed by atoms with van der Waals surface area (Å²) < 4.78 is 58.7. The number of hydrogen-bond donors (Lipinski definition) is 0. The molecule has 0 N–H and O–H groups in total. The maximum absolute atomic E-state index is 15.0. The topological polar surface area (TPSA) is 143 Å². The number of hydrogen-bond acceptors (Lipinski definition) is 6. The van der Waals surface area contributed by atoms with Gasteiger partial charge in [0.25, 0.3) is 0 Å². The number of rotatable bonds is 1. The van der Waals surface area contributed by atoms with Crippen molar-refractivity contribution in [3.8, 4) is 47.5 Å². The SMILES string of the molecule is N#CC(=C1c2cc(C#N)c(C#N)cc2-c2cc(C#N)c(C#N)cc21)c1c(F)c(F)c(C#N)c(F)c1F. The van der Waals surface area contributed by atoms with Crippen LogP contribution >= 0.6 is 0 Å². The fourth-order valence-electron chi connectivity index (χ4n) is 4.03. The summed E-state index contributed by atoms with van der Waals surface area (Å²) in [6, 6.07) is 14.6. The molecule has 0 bridgehead atoms. The molecule has 1 aliphatic carbocycles. The molecule has 0 unspecified atom stereocenters. The number of allylic oxidation sites excluding steroid dienone is 1. The van der Waals surface area contributed by atoms with Gasteiger partial charge in [-0.15, -0.1) is 0 Å². The highest BCUT2D eigenvalue weighted by Crippen LogP contribution is 2.49. The molecule has 3 aromatic rings. The van der Waals surface area contributed by atoms with Crippen LogP contribution in [0.15, 0.2) is 24.3 Å². The van der Waals surface area contributed by atoms with E-state index in [4.69, 9.17) is 5.26 Å². The van der Waals surface area contributed by atoms with E-state index in [0.717, 1.165) is 18.2 Å². The van der Waals surface area contributed by atoms with Crippen molar-refractivity contribution < 1.29 is 17.6 Å². The van der Waals surface area contributed by atoms with E-state index in [-0.39, 0.29) is 50.1 Å². The van der Waals surface area contributed by atoms with Crippen LogP contribution in [0.2, 0.25) is 0 Å². The van der Waals surface area contributed by atoms with Crippen LogP contribution in [-0.2, 0) is 0 Å². The zero-order valence-electron chi connectivity index (χ0n) is 17.5. The quantitative estimate of drug-likeness (QED) is 0.213. The molecule has 0 saturated carbocycles. The monoisotopic (exact) mass is 476 g/mol. The summed E-state index contributed by atoms with van der Waals surface area (Å²) in [5, 5.41) is 56.6. The number of benzene rings is 3. The summed E-state index contributed by atoms with van der Waals surface area (Å²) in [5.74, 6) is -8.00. The fraction of sp³-hybridized carbons (Fsp3) is 0. The Labute approximate surface area is 200 Å². The minimum absolute atomic E-state index is 0.0000515. The standard InChI is InChI=1S/C26H4F4N6/c27-23-20(10-36)24(28)26(30)22(25(23)29)19(9-35)21-17-3-13(7-33)11(5-31)1-15(17)16-2-12(6-32)14(8-34)4-18(16)21/h1-4H. The molecule has 0 amide bonds. The molecule has 4 rings (SSSR count). The highest BCUT2D eigenvalue weighted by Gasteiger charge is 2.34. The molecular formula is C26H4F4N6. The Morgan fingerprint density at radius 3 is 1.17 bits per heavy atom. The average molecular weight is 476 g/mol. The van der Waals surface area contributed by atoms with Crippen LogP contribution < -0.4 is 0 Å². The van der Waals surface area contributed by atoms with Crippen molar-refractivity contribution in [3.05, 3.63) is 92.0 Å². The Kier molecular flexibility index (Phi) is 5.45. The largest absolute Gasteiger partial charge is 0.203 e. The lowest BCUT2D eigenvalue weighted by molar-refractivity contribution is 0.447. The predicted molar refractivity (Wildman–Crippen MR) is 113 cm³/mol. The molecule has 0 atom stereocenters. The van der Waals surface area contributed by atoms with Gasteiger partial charge in [0.05, 0.1) is 33.4 Å². The molecule has 10 heteroatoms. The van der Waals surface area contributed by atoms with E-state index in [1.165, 1.54) is 18.2 Å². The van der Waals surface area contributed by atoms with E-state index in [1.807, 2.05) is 12.1 Å². The molecule has 3 aromatic carbocycles. The van der Waals surface area contributed by atoms with E-state index in [9.17, 15) is 43.9 Å². The third-order valence-corrected chi connectivity index (χ3v) is 5.61. The first-order valence-corrected chi connectivity index (χ1v) is 9.66. The lowest BCUT2D eigenvalue weighted by atomic mass is 9.90. The van der Waals surface area contributed by atoms with E-state index in [0.29, 0.717) is 0 Å². The maximum Gasteiger partial charge on any atom is 0.180 e. The Balaban J connectivity index is 2.28. The Hall–Kier alpha value is -5.94. The van der Waals surface area contributed by atoms with Crippen molar-refractivity contribution >= 4 is 11.1 Å². The first kappa shape index (κ1) is 23.2. The summed E-state index contributed by atoms with van der Waals surface area (Å²) in [4.78, 5) is 0. The van der Waals surface area contributed by atoms with Gasteiger partial charge in [0.1, 0.15) is 42.0 Å². The van der Waals surface area contributed by atoms with Crippen LogP contribution in [0.5, 0.6) is 0 Å². The van der Waals surface area contributed by atoms with E-state index in [1.54, 1.807) is 12.1 Å². The second-order valence-electron chi connectivity index (χ2n) is 7.31. The first-order chi connectivity index (χ1) is 17.3. The number of fused-ring (bicyclic) bond motifs is 3. The molecule has 166 valence electrons. The molecule has 6 nitrogen and oxygen atoms in total. The molecule has 0 heterocycles. The van der Waals surface area contributed by atoms with Gasteiger partial charge in [-0.05, 0) is 46.5 Å². The molecular weight excluding hydrogens is 472 g/mol. The predicted octanol–water partition coefficient (Wildman–Crippen LogP) is 5.06. The lowest BCUT2D eigenvalue weighted by Crippen LogP contribution is -2.07. The van der Waals surface area contributed by atoms with Gasteiger partial charge in [0.15, 0.2) is 23.3 Å². The molecule has 1 aliphatic rings. The van der Waals surface area contributed by atoms with Crippen LogP contribution in [0.4, 0.5) is 17.6 Å². The zero-order valence-corrected chi connectivity index (χ0v) is 17.5. The molecule has 0 spiro atoms. The van der Waals surface area contributed by atoms with Crippen LogP contribution in [0.1, 0.15) is 44.5 Å². The van der Waals surface area contributed by atoms with E-state index in [2.05, 4.69) is 0 Å². The van der Waals surface area contributed by atoms with Crippen molar-refractivity contribution in [2.24, 2.45) is 0 Å². The second kappa shape index (κ2) is 8.44. The summed E-state index contributed by atoms with van der Waals surface area (Å²) in [6.45, 7) is 0. The van der Waals surface area contributed by atoms with Crippen molar-refractivity contribution in [1.29, 1.82) is 31.6 Å². The molecule has 0 fully saturated rings. The van der Waals surface area contributed by atoms with Crippen molar-refractivity contribution in [3.63, 3.8) is 0 Å². The number of nitriles is 6. The fourth-order valence-corrected chi connectivity index (χ4v) is 4.03. The second-order valence-corrected chi connectivity index (χ2v) is 7.31. The van der Waals surface area contributed by atoms with Gasteiger partial charge in [-0.2, -0.15) is 31.6 Å². The number of nitrogens with zero attached hydrogens (tertiary/aromatic N) is 6. The molecule has 0 aromatic heterocycles. The van der Waals surface area contributed by atoms with Gasteiger partial charge < -0.3 is 0 Å². The summed E-state index contributed by atoms with van der Waals surface area (Å²) >= 11 is 0. The van der Waals surface area contributed by atoms with Gasteiger partial charge in [-0.25, -0.2) is 17.6 Å². The van der Waals surface area contributed by atoms with Gasteiger partial charge in [-0.1, -0.05) is 0 Å². The third kappa shape index (κ3) is 3.05. The minimum Gasteiger partial charge on any atom is -0.203 e. The molecule has 36 heavy (non-hydrogen) atoms. The smallest absolute Gasteiger partial charge is 0.180 e. The van der Waals surface area contributed by atoms with Crippen LogP contribution in [0.25, 0.3) is 22.3 Å². The van der Waals surface area contributed by atoms with Crippen LogP contribution in [-0.4, -0.2) is 0 Å². The first-order valence-electron chi connectivity index (χ1n) is 9.66. The van der Waals surface area contributed by atoms with Gasteiger partial charge in [-0.3, -0.25) is 0 Å². The van der Waals surface area contributed by atoms with Gasteiger partial charge in [0, 0.05) is 5.57 Å². The normalized spacial score (nSPS) is 10.6. The number of halogens is 4. The molecule has 0 saturated heterocycles. The van der Waals surface area contributed by atoms with Crippen molar-refractivity contribution in [2.75, 3.05) is 0 Å². The highest BCUT2D eigenvalue weighted by molar-refractivity contribution is 6.14. The Bertz CT molecular complexity index is 1730. The Morgan fingerprint density at radius 2 is 0.861 bits per heavy atom.